The van der Waals surface area contributed by atoms with Gasteiger partial charge in [0.1, 0.15) is 0 Å². The van der Waals surface area contributed by atoms with Crippen LogP contribution in [-0.4, -0.2) is 28.4 Å². The van der Waals surface area contributed by atoms with Crippen LogP contribution >= 0.6 is 0 Å². The first-order chi connectivity index (χ1) is 16.4. The number of sulfonamides is 1. The first-order valence-electron chi connectivity index (χ1n) is 10.6. The molecule has 3 aromatic carbocycles. The van der Waals surface area contributed by atoms with Crippen LogP contribution < -0.4 is 10.0 Å². The summed E-state index contributed by atoms with van der Waals surface area (Å²) in [5, 5.41) is 17.6. The third kappa shape index (κ3) is 4.33. The highest BCUT2D eigenvalue weighted by Crippen LogP contribution is 2.26. The minimum atomic E-state index is -3.75. The molecule has 5 rings (SSSR count). The number of benzene rings is 3. The van der Waals surface area contributed by atoms with Crippen molar-refractivity contribution in [1.29, 1.82) is 0 Å². The second kappa shape index (κ2) is 8.60. The van der Waals surface area contributed by atoms with Gasteiger partial charge in [-0.25, -0.2) is 13.1 Å². The van der Waals surface area contributed by atoms with Gasteiger partial charge in [-0.1, -0.05) is 36.4 Å². The zero-order chi connectivity index (χ0) is 23.7. The maximum Gasteiger partial charge on any atom is 0.262 e. The quantitative estimate of drug-likeness (QED) is 0.363. The minimum Gasteiger partial charge on any atom is -0.339 e. The summed E-state index contributed by atoms with van der Waals surface area (Å²) in [6.07, 6.45) is 0. The molecule has 0 spiro atoms. The second-order valence-electron chi connectivity index (χ2n) is 7.90. The highest BCUT2D eigenvalue weighted by molar-refractivity contribution is 7.93. The maximum atomic E-state index is 13.0. The summed E-state index contributed by atoms with van der Waals surface area (Å²) >= 11 is 0. The molecular formula is C25H22N6O2S. The topological polar surface area (TPSA) is 102 Å². The van der Waals surface area contributed by atoms with E-state index in [0.29, 0.717) is 22.7 Å². The molecule has 2 heterocycles. The van der Waals surface area contributed by atoms with Crippen molar-refractivity contribution in [3.8, 4) is 5.82 Å². The van der Waals surface area contributed by atoms with Gasteiger partial charge in [0, 0.05) is 22.5 Å². The zero-order valence-corrected chi connectivity index (χ0v) is 19.4. The van der Waals surface area contributed by atoms with E-state index in [-0.39, 0.29) is 4.90 Å². The minimum absolute atomic E-state index is 0.241. The molecule has 0 radical (unpaired) electrons. The smallest absolute Gasteiger partial charge is 0.262 e. The molecule has 0 aliphatic rings. The first-order valence-corrected chi connectivity index (χ1v) is 12.1. The second-order valence-corrected chi connectivity index (χ2v) is 9.55. The van der Waals surface area contributed by atoms with Gasteiger partial charge in [-0.3, -0.25) is 4.72 Å². The summed E-state index contributed by atoms with van der Waals surface area (Å²) in [5.74, 6) is 1.20. The molecular weight excluding hydrogens is 448 g/mol. The van der Waals surface area contributed by atoms with E-state index in [4.69, 9.17) is 0 Å². The summed E-state index contributed by atoms with van der Waals surface area (Å²) < 4.78 is 30.4. The van der Waals surface area contributed by atoms with Gasteiger partial charge in [-0.2, -0.15) is 5.10 Å². The highest BCUT2D eigenvalue weighted by Gasteiger charge is 2.17. The van der Waals surface area contributed by atoms with Gasteiger partial charge in [0.15, 0.2) is 11.6 Å². The molecule has 0 fully saturated rings. The van der Waals surface area contributed by atoms with Gasteiger partial charge < -0.3 is 5.32 Å². The number of aryl methyl sites for hydroxylation is 2. The van der Waals surface area contributed by atoms with Crippen LogP contribution in [0.2, 0.25) is 0 Å². The van der Waals surface area contributed by atoms with Crippen molar-refractivity contribution in [2.24, 2.45) is 0 Å². The molecule has 2 N–H and O–H groups in total. The molecule has 0 bridgehead atoms. The van der Waals surface area contributed by atoms with Crippen molar-refractivity contribution in [3.05, 3.63) is 96.3 Å². The number of aromatic nitrogens is 4. The summed E-state index contributed by atoms with van der Waals surface area (Å²) in [6.45, 7) is 3.89. The fourth-order valence-corrected chi connectivity index (χ4v) is 5.06. The Bertz CT molecular complexity index is 1570. The number of hydrogen-bond donors (Lipinski definition) is 2. The van der Waals surface area contributed by atoms with Gasteiger partial charge in [-0.15, -0.1) is 10.2 Å². The van der Waals surface area contributed by atoms with Gasteiger partial charge in [0.25, 0.3) is 10.0 Å². The van der Waals surface area contributed by atoms with Crippen LogP contribution in [-0.2, 0) is 10.0 Å². The number of rotatable bonds is 6. The predicted molar refractivity (Wildman–Crippen MR) is 133 cm³/mol. The van der Waals surface area contributed by atoms with E-state index in [2.05, 4.69) is 25.3 Å². The van der Waals surface area contributed by atoms with E-state index in [9.17, 15) is 8.42 Å². The lowest BCUT2D eigenvalue weighted by Gasteiger charge is -2.11. The molecule has 170 valence electrons. The summed E-state index contributed by atoms with van der Waals surface area (Å²) in [4.78, 5) is 0.241. The summed E-state index contributed by atoms with van der Waals surface area (Å²) in [5.41, 5.74) is 3.11. The van der Waals surface area contributed by atoms with Gasteiger partial charge in [0.2, 0.25) is 0 Å². The average molecular weight is 471 g/mol. The van der Waals surface area contributed by atoms with Crippen LogP contribution in [0.15, 0.2) is 89.8 Å². The van der Waals surface area contributed by atoms with Crippen molar-refractivity contribution < 1.29 is 8.42 Å². The van der Waals surface area contributed by atoms with Crippen LogP contribution in [0, 0.1) is 13.8 Å². The molecule has 2 aromatic heterocycles. The molecule has 9 heteroatoms. The first kappa shape index (κ1) is 21.6. The lowest BCUT2D eigenvalue weighted by Crippen LogP contribution is -2.13. The van der Waals surface area contributed by atoms with Crippen LogP contribution in [0.4, 0.5) is 17.2 Å². The molecule has 0 saturated carbocycles. The average Bonchev–Trinajstić information content (AvgIpc) is 3.18. The zero-order valence-electron chi connectivity index (χ0n) is 18.6. The van der Waals surface area contributed by atoms with Gasteiger partial charge >= 0.3 is 0 Å². The SMILES string of the molecule is Cc1cc(C)n(-c2ccc(Nc3ccc(NS(=O)(=O)c4cccc5ccccc45)cc3)nn2)n1. The Morgan fingerprint density at radius 3 is 2.24 bits per heavy atom. The summed E-state index contributed by atoms with van der Waals surface area (Å²) in [6, 6.07) is 25.2. The Balaban J connectivity index is 1.30. The Hall–Kier alpha value is -4.24. The van der Waals surface area contributed by atoms with Crippen LogP contribution in [0.3, 0.4) is 0 Å². The Morgan fingerprint density at radius 2 is 1.53 bits per heavy atom. The largest absolute Gasteiger partial charge is 0.339 e. The van der Waals surface area contributed by atoms with E-state index in [1.165, 1.54) is 0 Å². The van der Waals surface area contributed by atoms with E-state index in [0.717, 1.165) is 22.5 Å². The molecule has 0 aliphatic carbocycles. The Labute approximate surface area is 197 Å². The molecule has 34 heavy (non-hydrogen) atoms. The lowest BCUT2D eigenvalue weighted by atomic mass is 10.1. The van der Waals surface area contributed by atoms with Gasteiger partial charge in [0.05, 0.1) is 10.6 Å². The predicted octanol–water partition coefficient (Wildman–Crippen LogP) is 4.98. The number of nitrogens with zero attached hydrogens (tertiary/aromatic N) is 4. The fraction of sp³-hybridized carbons (Fsp3) is 0.0800. The van der Waals surface area contributed by atoms with E-state index in [1.54, 1.807) is 47.1 Å². The fourth-order valence-electron chi connectivity index (χ4n) is 3.78. The Kier molecular flexibility index (Phi) is 5.46. The van der Waals surface area contributed by atoms with Crippen molar-refractivity contribution >= 4 is 38.0 Å². The lowest BCUT2D eigenvalue weighted by molar-refractivity contribution is 0.602. The third-order valence-corrected chi connectivity index (χ3v) is 6.77. The van der Waals surface area contributed by atoms with Crippen molar-refractivity contribution in [3.63, 3.8) is 0 Å². The number of nitrogens with one attached hydrogen (secondary N) is 2. The van der Waals surface area contributed by atoms with Crippen molar-refractivity contribution in [2.45, 2.75) is 18.7 Å². The molecule has 0 unspecified atom stereocenters. The normalized spacial score (nSPS) is 11.5. The van der Waals surface area contributed by atoms with E-state index >= 15 is 0 Å². The van der Waals surface area contributed by atoms with E-state index < -0.39 is 10.0 Å². The molecule has 0 saturated heterocycles. The van der Waals surface area contributed by atoms with Crippen molar-refractivity contribution in [2.75, 3.05) is 10.0 Å². The molecule has 0 amide bonds. The molecule has 0 aliphatic heterocycles. The van der Waals surface area contributed by atoms with Crippen molar-refractivity contribution in [1.82, 2.24) is 20.0 Å². The molecule has 8 nitrogen and oxygen atoms in total. The summed E-state index contributed by atoms with van der Waals surface area (Å²) in [7, 11) is -3.75. The monoisotopic (exact) mass is 470 g/mol. The van der Waals surface area contributed by atoms with Gasteiger partial charge in [-0.05, 0) is 67.8 Å². The Morgan fingerprint density at radius 1 is 0.794 bits per heavy atom. The standard InChI is InChI=1S/C25H22N6O2S/c1-17-16-18(2)31(29-17)25-15-14-24(27-28-25)26-20-10-12-21(13-11-20)30-34(32,33)23-9-5-7-19-6-3-4-8-22(19)23/h3-16,30H,1-2H3,(H,26,27). The van der Waals surface area contributed by atoms with Crippen LogP contribution in [0.25, 0.3) is 16.6 Å². The number of fused-ring (bicyclic) bond motifs is 1. The van der Waals surface area contributed by atoms with Crippen LogP contribution in [0.5, 0.6) is 0 Å². The maximum absolute atomic E-state index is 13.0. The third-order valence-electron chi connectivity index (χ3n) is 5.33. The molecule has 0 atom stereocenters. The molecule has 5 aromatic rings. The highest BCUT2D eigenvalue weighted by atomic mass is 32.2. The number of hydrogen-bond acceptors (Lipinski definition) is 6. The van der Waals surface area contributed by atoms with E-state index in [1.807, 2.05) is 56.3 Å². The number of anilines is 3. The van der Waals surface area contributed by atoms with Crippen LogP contribution in [0.1, 0.15) is 11.4 Å².